The summed E-state index contributed by atoms with van der Waals surface area (Å²) in [5.41, 5.74) is -0.464. The predicted molar refractivity (Wildman–Crippen MR) is 55.1 cm³/mol. The van der Waals surface area contributed by atoms with Crippen LogP contribution in [0.2, 0.25) is 0 Å². The van der Waals surface area contributed by atoms with Gasteiger partial charge in [-0.15, -0.1) is 0 Å². The molecule has 0 saturated carbocycles. The highest BCUT2D eigenvalue weighted by Gasteiger charge is 2.52. The quantitative estimate of drug-likeness (QED) is 0.707. The number of carbonyl (C=O) groups excluding carboxylic acids is 1. The van der Waals surface area contributed by atoms with Crippen LogP contribution in [0.25, 0.3) is 0 Å². The van der Waals surface area contributed by atoms with Gasteiger partial charge in [0.1, 0.15) is 11.7 Å². The number of cyclic esters (lactones) is 1. The van der Waals surface area contributed by atoms with E-state index in [-0.39, 0.29) is 5.97 Å². The molecule has 3 heteroatoms. The monoisotopic (exact) mass is 206 g/mol. The van der Waals surface area contributed by atoms with Crippen LogP contribution < -0.4 is 0 Å². The number of hydrogen-bond acceptors (Lipinski definition) is 3. The fourth-order valence-electron chi connectivity index (χ4n) is 2.09. The van der Waals surface area contributed by atoms with Crippen molar-refractivity contribution >= 4 is 5.97 Å². The summed E-state index contributed by atoms with van der Waals surface area (Å²) in [5.74, 6) is -0.858. The molecule has 1 aliphatic heterocycles. The van der Waals surface area contributed by atoms with Crippen molar-refractivity contribution in [3.8, 4) is 0 Å². The van der Waals surface area contributed by atoms with Crippen molar-refractivity contribution in [3.63, 3.8) is 0 Å². The molecule has 1 aromatic carbocycles. The smallest absolute Gasteiger partial charge is 0.312 e. The maximum atomic E-state index is 11.4. The average Bonchev–Trinajstić information content (AvgIpc) is 2.45. The first-order chi connectivity index (χ1) is 7.06. The largest absolute Gasteiger partial charge is 0.459 e. The van der Waals surface area contributed by atoms with Gasteiger partial charge < -0.3 is 9.84 Å². The summed E-state index contributed by atoms with van der Waals surface area (Å²) in [4.78, 5) is 11.4. The van der Waals surface area contributed by atoms with Crippen LogP contribution in [-0.4, -0.2) is 17.2 Å². The van der Waals surface area contributed by atoms with Crippen LogP contribution >= 0.6 is 0 Å². The molecule has 0 radical (unpaired) electrons. The fourth-order valence-corrected chi connectivity index (χ4v) is 2.09. The zero-order valence-electron chi connectivity index (χ0n) is 8.81. The number of hydrogen-bond donors (Lipinski definition) is 1. The number of esters is 1. The lowest BCUT2D eigenvalue weighted by atomic mass is 9.81. The standard InChI is InChI=1S/C12H14O3/c1-8-11(13)15-9(2)12(8,14)10-6-4-3-5-7-10/h3-9,14H,1-2H3/t8-,9-,12-/m1/s1. The zero-order chi connectivity index (χ0) is 11.1. The Balaban J connectivity index is 2.46. The van der Waals surface area contributed by atoms with Gasteiger partial charge in [0.2, 0.25) is 0 Å². The number of carbonyl (C=O) groups is 1. The minimum absolute atomic E-state index is 0.339. The van der Waals surface area contributed by atoms with E-state index in [1.54, 1.807) is 13.8 Å². The molecule has 0 bridgehead atoms. The topological polar surface area (TPSA) is 46.5 Å². The summed E-state index contributed by atoms with van der Waals surface area (Å²) in [6.07, 6.45) is -0.498. The second kappa shape index (κ2) is 3.35. The minimum atomic E-state index is -1.20. The molecule has 1 aliphatic rings. The van der Waals surface area contributed by atoms with E-state index in [4.69, 9.17) is 4.74 Å². The number of benzene rings is 1. The Hall–Kier alpha value is -1.35. The van der Waals surface area contributed by atoms with Gasteiger partial charge in [0.05, 0.1) is 5.92 Å². The van der Waals surface area contributed by atoms with E-state index in [0.717, 1.165) is 5.56 Å². The normalized spacial score (nSPS) is 35.3. The van der Waals surface area contributed by atoms with Crippen LogP contribution in [0.1, 0.15) is 19.4 Å². The summed E-state index contributed by atoms with van der Waals surface area (Å²) in [6, 6.07) is 9.19. The number of ether oxygens (including phenoxy) is 1. The molecule has 0 aromatic heterocycles. The van der Waals surface area contributed by atoms with Gasteiger partial charge in [-0.2, -0.15) is 0 Å². The SMILES string of the molecule is C[C@@H]1C(=O)O[C@H](C)[C@@]1(O)c1ccccc1. The Labute approximate surface area is 88.7 Å². The Morgan fingerprint density at radius 3 is 2.33 bits per heavy atom. The van der Waals surface area contributed by atoms with Crippen molar-refractivity contribution in [2.45, 2.75) is 25.6 Å². The van der Waals surface area contributed by atoms with Crippen LogP contribution in [0.5, 0.6) is 0 Å². The van der Waals surface area contributed by atoms with Gasteiger partial charge in [-0.1, -0.05) is 30.3 Å². The van der Waals surface area contributed by atoms with Crippen LogP contribution in [0, 0.1) is 5.92 Å². The average molecular weight is 206 g/mol. The highest BCUT2D eigenvalue weighted by Crippen LogP contribution is 2.40. The molecule has 1 aromatic rings. The first-order valence-electron chi connectivity index (χ1n) is 5.05. The van der Waals surface area contributed by atoms with E-state index < -0.39 is 17.6 Å². The molecule has 0 spiro atoms. The Morgan fingerprint density at radius 2 is 1.87 bits per heavy atom. The van der Waals surface area contributed by atoms with Crippen molar-refractivity contribution in [2.75, 3.05) is 0 Å². The van der Waals surface area contributed by atoms with Gasteiger partial charge in [0.25, 0.3) is 0 Å². The van der Waals surface area contributed by atoms with Crippen molar-refractivity contribution in [3.05, 3.63) is 35.9 Å². The summed E-state index contributed by atoms with van der Waals surface area (Å²) in [5, 5.41) is 10.5. The van der Waals surface area contributed by atoms with E-state index >= 15 is 0 Å². The fraction of sp³-hybridized carbons (Fsp3) is 0.417. The second-order valence-corrected chi connectivity index (χ2v) is 3.99. The lowest BCUT2D eigenvalue weighted by Crippen LogP contribution is -2.38. The van der Waals surface area contributed by atoms with Gasteiger partial charge in [0.15, 0.2) is 0 Å². The predicted octanol–water partition coefficient (Wildman–Crippen LogP) is 1.46. The van der Waals surface area contributed by atoms with E-state index in [1.165, 1.54) is 0 Å². The number of rotatable bonds is 1. The van der Waals surface area contributed by atoms with Crippen LogP contribution in [0.15, 0.2) is 30.3 Å². The van der Waals surface area contributed by atoms with Crippen molar-refractivity contribution < 1.29 is 14.6 Å². The van der Waals surface area contributed by atoms with Crippen molar-refractivity contribution in [1.29, 1.82) is 0 Å². The van der Waals surface area contributed by atoms with E-state index in [1.807, 2.05) is 30.3 Å². The molecular weight excluding hydrogens is 192 g/mol. The molecule has 3 nitrogen and oxygen atoms in total. The highest BCUT2D eigenvalue weighted by atomic mass is 16.6. The lowest BCUT2D eigenvalue weighted by Gasteiger charge is -2.28. The third-order valence-corrected chi connectivity index (χ3v) is 3.16. The van der Waals surface area contributed by atoms with Crippen LogP contribution in [0.3, 0.4) is 0 Å². The van der Waals surface area contributed by atoms with Gasteiger partial charge in [-0.05, 0) is 19.4 Å². The molecule has 0 unspecified atom stereocenters. The van der Waals surface area contributed by atoms with E-state index in [0.29, 0.717) is 0 Å². The molecule has 0 amide bonds. The zero-order valence-corrected chi connectivity index (χ0v) is 8.81. The summed E-state index contributed by atoms with van der Waals surface area (Å²) in [6.45, 7) is 3.41. The van der Waals surface area contributed by atoms with E-state index in [2.05, 4.69) is 0 Å². The first kappa shape index (κ1) is 10.2. The summed E-state index contributed by atoms with van der Waals surface area (Å²) in [7, 11) is 0. The highest BCUT2D eigenvalue weighted by molar-refractivity contribution is 5.77. The molecule has 3 atom stereocenters. The van der Waals surface area contributed by atoms with Crippen molar-refractivity contribution in [2.24, 2.45) is 5.92 Å². The van der Waals surface area contributed by atoms with Crippen molar-refractivity contribution in [1.82, 2.24) is 0 Å². The Bertz CT molecular complexity index is 374. The van der Waals surface area contributed by atoms with Gasteiger partial charge >= 0.3 is 5.97 Å². The number of aliphatic hydroxyl groups is 1. The molecule has 2 rings (SSSR count). The molecule has 1 N–H and O–H groups in total. The molecule has 15 heavy (non-hydrogen) atoms. The lowest BCUT2D eigenvalue weighted by molar-refractivity contribution is -0.143. The molecule has 1 fully saturated rings. The maximum Gasteiger partial charge on any atom is 0.312 e. The van der Waals surface area contributed by atoms with Gasteiger partial charge in [-0.3, -0.25) is 4.79 Å². The van der Waals surface area contributed by atoms with Gasteiger partial charge in [0, 0.05) is 0 Å². The minimum Gasteiger partial charge on any atom is -0.459 e. The molecule has 80 valence electrons. The molecular formula is C12H14O3. The second-order valence-electron chi connectivity index (χ2n) is 3.99. The molecule has 0 aliphatic carbocycles. The Kier molecular flexibility index (Phi) is 2.27. The summed E-state index contributed by atoms with van der Waals surface area (Å²) >= 11 is 0. The van der Waals surface area contributed by atoms with E-state index in [9.17, 15) is 9.90 Å². The molecule has 1 saturated heterocycles. The third kappa shape index (κ3) is 1.35. The van der Waals surface area contributed by atoms with Crippen LogP contribution in [0.4, 0.5) is 0 Å². The van der Waals surface area contributed by atoms with Gasteiger partial charge in [-0.25, -0.2) is 0 Å². The molecule has 1 heterocycles. The van der Waals surface area contributed by atoms with Crippen LogP contribution in [-0.2, 0) is 15.1 Å². The summed E-state index contributed by atoms with van der Waals surface area (Å²) < 4.78 is 5.05. The maximum absolute atomic E-state index is 11.4. The Morgan fingerprint density at radius 1 is 1.27 bits per heavy atom. The third-order valence-electron chi connectivity index (χ3n) is 3.16. The first-order valence-corrected chi connectivity index (χ1v) is 5.05.